The van der Waals surface area contributed by atoms with E-state index in [-0.39, 0.29) is 10.8 Å². The van der Waals surface area contributed by atoms with Gasteiger partial charge >= 0.3 is 0 Å². The van der Waals surface area contributed by atoms with Gasteiger partial charge in [-0.1, -0.05) is 13.3 Å². The predicted octanol–water partition coefficient (Wildman–Crippen LogP) is 3.17. The Labute approximate surface area is 185 Å². The molecule has 2 aliphatic heterocycles. The molecule has 0 aliphatic carbocycles. The Morgan fingerprint density at radius 3 is 2.35 bits per heavy atom. The van der Waals surface area contributed by atoms with Crippen molar-refractivity contribution in [3.63, 3.8) is 0 Å². The standard InChI is InChI=1S/C23H32N4O3S/c1-2-22-24-12-17-26(22)18-19-10-15-25(16-11-19)23(28)20-6-8-21(9-7-20)31(29,30)27-13-4-3-5-14-27/h6-9,12,17,19H,2-5,10-11,13-16,18H2,1H3. The summed E-state index contributed by atoms with van der Waals surface area (Å²) < 4.78 is 29.4. The monoisotopic (exact) mass is 444 g/mol. The molecular weight excluding hydrogens is 412 g/mol. The lowest BCUT2D eigenvalue weighted by Crippen LogP contribution is -2.39. The van der Waals surface area contributed by atoms with E-state index in [0.717, 1.165) is 64.0 Å². The predicted molar refractivity (Wildman–Crippen MR) is 119 cm³/mol. The van der Waals surface area contributed by atoms with Crippen molar-refractivity contribution in [1.82, 2.24) is 18.8 Å². The van der Waals surface area contributed by atoms with Crippen LogP contribution >= 0.6 is 0 Å². The van der Waals surface area contributed by atoms with Crippen LogP contribution in [-0.4, -0.2) is 59.3 Å². The Kier molecular flexibility index (Phi) is 6.77. The van der Waals surface area contributed by atoms with Gasteiger partial charge in [-0.15, -0.1) is 0 Å². The molecule has 31 heavy (non-hydrogen) atoms. The van der Waals surface area contributed by atoms with Crippen LogP contribution in [0.4, 0.5) is 0 Å². The number of imidazole rings is 1. The number of aromatic nitrogens is 2. The van der Waals surface area contributed by atoms with Crippen molar-refractivity contribution in [2.45, 2.75) is 56.9 Å². The summed E-state index contributed by atoms with van der Waals surface area (Å²) >= 11 is 0. The second-order valence-electron chi connectivity index (χ2n) is 8.57. The van der Waals surface area contributed by atoms with E-state index in [2.05, 4.69) is 16.5 Å². The van der Waals surface area contributed by atoms with Gasteiger partial charge in [-0.3, -0.25) is 4.79 Å². The fraction of sp³-hybridized carbons (Fsp3) is 0.565. The van der Waals surface area contributed by atoms with E-state index in [1.165, 1.54) is 0 Å². The lowest BCUT2D eigenvalue weighted by atomic mass is 9.96. The molecule has 2 fully saturated rings. The number of amides is 1. The van der Waals surface area contributed by atoms with E-state index in [1.807, 2.05) is 17.3 Å². The van der Waals surface area contributed by atoms with Gasteiger partial charge in [-0.2, -0.15) is 4.31 Å². The molecule has 168 valence electrons. The lowest BCUT2D eigenvalue weighted by Gasteiger charge is -2.32. The van der Waals surface area contributed by atoms with Crippen molar-refractivity contribution in [2.24, 2.45) is 5.92 Å². The maximum atomic E-state index is 12.9. The Bertz CT molecular complexity index is 986. The summed E-state index contributed by atoms with van der Waals surface area (Å²) in [6, 6.07) is 6.47. The van der Waals surface area contributed by atoms with Crippen LogP contribution in [0.5, 0.6) is 0 Å². The average molecular weight is 445 g/mol. The first kappa shape index (κ1) is 22.0. The van der Waals surface area contributed by atoms with Crippen LogP contribution < -0.4 is 0 Å². The second kappa shape index (κ2) is 9.53. The smallest absolute Gasteiger partial charge is 0.253 e. The molecule has 0 unspecified atom stereocenters. The molecule has 7 nitrogen and oxygen atoms in total. The zero-order chi connectivity index (χ0) is 21.8. The van der Waals surface area contributed by atoms with Crippen LogP contribution in [0.15, 0.2) is 41.6 Å². The van der Waals surface area contributed by atoms with Gasteiger partial charge in [0.15, 0.2) is 0 Å². The number of hydrogen-bond acceptors (Lipinski definition) is 4. The minimum atomic E-state index is -3.47. The van der Waals surface area contributed by atoms with Crippen molar-refractivity contribution < 1.29 is 13.2 Å². The summed E-state index contributed by atoms with van der Waals surface area (Å²) in [6.07, 6.45) is 9.65. The Hall–Kier alpha value is -2.19. The van der Waals surface area contributed by atoms with E-state index in [9.17, 15) is 13.2 Å². The Morgan fingerprint density at radius 2 is 1.71 bits per heavy atom. The van der Waals surface area contributed by atoms with Crippen molar-refractivity contribution in [3.8, 4) is 0 Å². The topological polar surface area (TPSA) is 75.5 Å². The van der Waals surface area contributed by atoms with E-state index in [4.69, 9.17) is 0 Å². The molecule has 0 atom stereocenters. The van der Waals surface area contributed by atoms with Gasteiger partial charge in [0.05, 0.1) is 4.90 Å². The van der Waals surface area contributed by atoms with Crippen LogP contribution in [-0.2, 0) is 23.0 Å². The molecule has 2 saturated heterocycles. The first-order valence-corrected chi connectivity index (χ1v) is 12.8. The zero-order valence-electron chi connectivity index (χ0n) is 18.2. The third-order valence-electron chi connectivity index (χ3n) is 6.53. The number of benzene rings is 1. The zero-order valence-corrected chi connectivity index (χ0v) is 19.1. The third kappa shape index (κ3) is 4.85. The molecule has 4 rings (SSSR count). The van der Waals surface area contributed by atoms with Gasteiger partial charge in [-0.05, 0) is 55.9 Å². The number of hydrogen-bond donors (Lipinski definition) is 0. The van der Waals surface area contributed by atoms with Gasteiger partial charge in [0.25, 0.3) is 5.91 Å². The summed E-state index contributed by atoms with van der Waals surface area (Å²) in [5, 5.41) is 0. The molecule has 1 amide bonds. The van der Waals surface area contributed by atoms with E-state index >= 15 is 0 Å². The minimum Gasteiger partial charge on any atom is -0.339 e. The van der Waals surface area contributed by atoms with Gasteiger partial charge in [0, 0.05) is 57.1 Å². The normalized spacial score (nSPS) is 18.9. The number of rotatable bonds is 6. The molecule has 2 aromatic rings. The highest BCUT2D eigenvalue weighted by atomic mass is 32.2. The molecule has 0 bridgehead atoms. The molecule has 2 aliphatic rings. The molecule has 0 saturated carbocycles. The maximum absolute atomic E-state index is 12.9. The molecule has 3 heterocycles. The van der Waals surface area contributed by atoms with Gasteiger partial charge in [-0.25, -0.2) is 13.4 Å². The summed E-state index contributed by atoms with van der Waals surface area (Å²) in [4.78, 5) is 19.5. The number of sulfonamides is 1. The molecule has 1 aromatic heterocycles. The minimum absolute atomic E-state index is 0.0164. The quantitative estimate of drug-likeness (QED) is 0.686. The van der Waals surface area contributed by atoms with Gasteiger partial charge in [0.2, 0.25) is 10.0 Å². The van der Waals surface area contributed by atoms with E-state index in [0.29, 0.717) is 24.6 Å². The highest BCUT2D eigenvalue weighted by molar-refractivity contribution is 7.89. The number of carbonyl (C=O) groups excluding carboxylic acids is 1. The van der Waals surface area contributed by atoms with E-state index in [1.54, 1.807) is 28.6 Å². The lowest BCUT2D eigenvalue weighted by molar-refractivity contribution is 0.0682. The number of nitrogens with zero attached hydrogens (tertiary/aromatic N) is 4. The number of piperidine rings is 2. The molecule has 0 spiro atoms. The summed E-state index contributed by atoms with van der Waals surface area (Å²) in [6.45, 7) is 5.69. The summed E-state index contributed by atoms with van der Waals surface area (Å²) in [7, 11) is -3.47. The van der Waals surface area contributed by atoms with Crippen LogP contribution in [0.1, 0.15) is 55.2 Å². The van der Waals surface area contributed by atoms with Crippen LogP contribution in [0.3, 0.4) is 0 Å². The van der Waals surface area contributed by atoms with Gasteiger partial charge in [0.1, 0.15) is 5.82 Å². The van der Waals surface area contributed by atoms with Crippen molar-refractivity contribution >= 4 is 15.9 Å². The largest absolute Gasteiger partial charge is 0.339 e. The Balaban J connectivity index is 1.35. The van der Waals surface area contributed by atoms with Crippen LogP contribution in [0.2, 0.25) is 0 Å². The maximum Gasteiger partial charge on any atom is 0.253 e. The molecule has 8 heteroatoms. The fourth-order valence-corrected chi connectivity index (χ4v) is 6.14. The van der Waals surface area contributed by atoms with Crippen LogP contribution in [0.25, 0.3) is 0 Å². The number of carbonyl (C=O) groups is 1. The first-order valence-electron chi connectivity index (χ1n) is 11.4. The first-order chi connectivity index (χ1) is 15.0. The van der Waals surface area contributed by atoms with Crippen LogP contribution in [0, 0.1) is 5.92 Å². The van der Waals surface area contributed by atoms with Crippen molar-refractivity contribution in [2.75, 3.05) is 26.2 Å². The molecule has 0 N–H and O–H groups in total. The molecule has 1 aromatic carbocycles. The summed E-state index contributed by atoms with van der Waals surface area (Å²) in [5.74, 6) is 1.64. The van der Waals surface area contributed by atoms with Crippen molar-refractivity contribution in [1.29, 1.82) is 0 Å². The molecular formula is C23H32N4O3S. The molecule has 0 radical (unpaired) electrons. The number of likely N-dealkylation sites (tertiary alicyclic amines) is 1. The second-order valence-corrected chi connectivity index (χ2v) is 10.5. The number of aryl methyl sites for hydroxylation is 1. The third-order valence-corrected chi connectivity index (χ3v) is 8.44. The van der Waals surface area contributed by atoms with Gasteiger partial charge < -0.3 is 9.47 Å². The van der Waals surface area contributed by atoms with Crippen molar-refractivity contribution in [3.05, 3.63) is 48.0 Å². The highest BCUT2D eigenvalue weighted by Crippen LogP contribution is 2.24. The SMILES string of the molecule is CCc1nccn1CC1CCN(C(=O)c2ccc(S(=O)(=O)N3CCCCC3)cc2)CC1. The van der Waals surface area contributed by atoms with E-state index < -0.39 is 10.0 Å². The summed E-state index contributed by atoms with van der Waals surface area (Å²) in [5.41, 5.74) is 0.555. The highest BCUT2D eigenvalue weighted by Gasteiger charge is 2.27. The fourth-order valence-electron chi connectivity index (χ4n) is 4.62. The Morgan fingerprint density at radius 1 is 1.03 bits per heavy atom. The average Bonchev–Trinajstić information content (AvgIpc) is 3.27.